The molecule has 7 heteroatoms. The molecule has 1 amide bonds. The largest absolute Gasteiger partial charge is 0.493 e. The zero-order valence-corrected chi connectivity index (χ0v) is 15.1. The van der Waals surface area contributed by atoms with Gasteiger partial charge in [-0.05, 0) is 37.3 Å². The van der Waals surface area contributed by atoms with Crippen LogP contribution in [0.3, 0.4) is 0 Å². The molecule has 5 nitrogen and oxygen atoms in total. The fourth-order valence-corrected chi connectivity index (χ4v) is 2.17. The van der Waals surface area contributed by atoms with Gasteiger partial charge in [-0.3, -0.25) is 9.59 Å². The van der Waals surface area contributed by atoms with Gasteiger partial charge in [0, 0.05) is 5.69 Å². The molecule has 25 heavy (non-hydrogen) atoms. The first-order valence-electron chi connectivity index (χ1n) is 7.54. The number of hydrogen-bond donors (Lipinski definition) is 1. The van der Waals surface area contributed by atoms with Crippen molar-refractivity contribution in [2.24, 2.45) is 0 Å². The lowest BCUT2D eigenvalue weighted by molar-refractivity contribution is -0.147. The molecular formula is C18H17Cl2NO4. The Kier molecular flexibility index (Phi) is 7.10. The molecule has 0 bridgehead atoms. The van der Waals surface area contributed by atoms with Gasteiger partial charge in [-0.25, -0.2) is 0 Å². The second-order valence-corrected chi connectivity index (χ2v) is 6.06. The van der Waals surface area contributed by atoms with Crippen LogP contribution in [-0.4, -0.2) is 25.1 Å². The highest BCUT2D eigenvalue weighted by Gasteiger charge is 2.09. The number of ether oxygens (including phenoxy) is 2. The third kappa shape index (κ3) is 6.64. The molecule has 0 unspecified atom stereocenters. The van der Waals surface area contributed by atoms with Crippen LogP contribution in [0.25, 0.3) is 0 Å². The van der Waals surface area contributed by atoms with Crippen LogP contribution in [0, 0.1) is 6.92 Å². The molecule has 0 aliphatic heterocycles. The number of nitrogens with one attached hydrogen (secondary N) is 1. The molecule has 0 saturated carbocycles. The van der Waals surface area contributed by atoms with Crippen LogP contribution in [0.5, 0.6) is 5.75 Å². The van der Waals surface area contributed by atoms with Crippen LogP contribution in [0.4, 0.5) is 5.69 Å². The summed E-state index contributed by atoms with van der Waals surface area (Å²) in [7, 11) is 0. The van der Waals surface area contributed by atoms with Crippen molar-refractivity contribution < 1.29 is 19.1 Å². The van der Waals surface area contributed by atoms with Crippen molar-refractivity contribution in [2.75, 3.05) is 18.5 Å². The van der Waals surface area contributed by atoms with Crippen molar-refractivity contribution in [3.05, 3.63) is 58.1 Å². The van der Waals surface area contributed by atoms with Crippen molar-refractivity contribution in [1.82, 2.24) is 0 Å². The average Bonchev–Trinajstić information content (AvgIpc) is 2.58. The molecule has 0 atom stereocenters. The Hall–Kier alpha value is -2.24. The lowest BCUT2D eigenvalue weighted by Crippen LogP contribution is -2.21. The Morgan fingerprint density at radius 3 is 2.44 bits per heavy atom. The van der Waals surface area contributed by atoms with Crippen LogP contribution in [0.2, 0.25) is 10.0 Å². The summed E-state index contributed by atoms with van der Waals surface area (Å²) in [6.07, 6.45) is 0.0495. The Bertz CT molecular complexity index is 747. The highest BCUT2D eigenvalue weighted by molar-refractivity contribution is 6.42. The summed E-state index contributed by atoms with van der Waals surface area (Å²) in [5.74, 6) is -0.307. The molecular weight excluding hydrogens is 365 g/mol. The Labute approximate surface area is 155 Å². The number of halogens is 2. The predicted octanol–water partition coefficient (Wildman–Crippen LogP) is 4.25. The molecule has 0 aliphatic carbocycles. The number of esters is 1. The van der Waals surface area contributed by atoms with Crippen LogP contribution in [-0.2, 0) is 14.3 Å². The molecule has 0 radical (unpaired) electrons. The minimum atomic E-state index is -0.517. The quantitative estimate of drug-likeness (QED) is 0.727. The van der Waals surface area contributed by atoms with Crippen LogP contribution in [0.1, 0.15) is 12.0 Å². The van der Waals surface area contributed by atoms with Gasteiger partial charge in [0.15, 0.2) is 6.61 Å². The van der Waals surface area contributed by atoms with Crippen molar-refractivity contribution >= 4 is 40.8 Å². The number of carbonyl (C=O) groups excluding carboxylic acids is 2. The van der Waals surface area contributed by atoms with E-state index in [2.05, 4.69) is 5.32 Å². The Morgan fingerprint density at radius 2 is 1.76 bits per heavy atom. The molecule has 0 aliphatic rings. The minimum Gasteiger partial charge on any atom is -0.493 e. The third-order valence-corrected chi connectivity index (χ3v) is 3.90. The maximum atomic E-state index is 11.7. The van der Waals surface area contributed by atoms with Gasteiger partial charge in [-0.2, -0.15) is 0 Å². The monoisotopic (exact) mass is 381 g/mol. The van der Waals surface area contributed by atoms with E-state index in [0.29, 0.717) is 21.5 Å². The van der Waals surface area contributed by atoms with Gasteiger partial charge in [0.1, 0.15) is 5.75 Å². The Morgan fingerprint density at radius 1 is 1.04 bits per heavy atom. The lowest BCUT2D eigenvalue weighted by atomic mass is 10.2. The van der Waals surface area contributed by atoms with Crippen molar-refractivity contribution in [3.8, 4) is 5.75 Å². The average molecular weight is 382 g/mol. The first-order chi connectivity index (χ1) is 11.9. The molecule has 0 spiro atoms. The van der Waals surface area contributed by atoms with Gasteiger partial charge in [0.05, 0.1) is 23.1 Å². The van der Waals surface area contributed by atoms with E-state index in [1.165, 1.54) is 6.07 Å². The summed E-state index contributed by atoms with van der Waals surface area (Å²) in [4.78, 5) is 23.4. The summed E-state index contributed by atoms with van der Waals surface area (Å²) >= 11 is 11.7. The fraction of sp³-hybridized carbons (Fsp3) is 0.222. The van der Waals surface area contributed by atoms with E-state index < -0.39 is 11.9 Å². The normalized spacial score (nSPS) is 10.2. The minimum absolute atomic E-state index is 0.0495. The van der Waals surface area contributed by atoms with E-state index >= 15 is 0 Å². The molecule has 0 saturated heterocycles. The summed E-state index contributed by atoms with van der Waals surface area (Å²) in [6, 6.07) is 12.2. The number of hydrogen-bond acceptors (Lipinski definition) is 4. The van der Waals surface area contributed by atoms with E-state index in [-0.39, 0.29) is 19.6 Å². The smallest absolute Gasteiger partial charge is 0.309 e. The number of anilines is 1. The molecule has 1 N–H and O–H groups in total. The third-order valence-electron chi connectivity index (χ3n) is 3.16. The topological polar surface area (TPSA) is 64.6 Å². The van der Waals surface area contributed by atoms with Gasteiger partial charge < -0.3 is 14.8 Å². The van der Waals surface area contributed by atoms with Gasteiger partial charge in [0.2, 0.25) is 0 Å². The first-order valence-corrected chi connectivity index (χ1v) is 8.29. The lowest BCUT2D eigenvalue weighted by Gasteiger charge is -2.08. The number of benzene rings is 2. The van der Waals surface area contributed by atoms with E-state index in [1.807, 2.05) is 31.2 Å². The summed E-state index contributed by atoms with van der Waals surface area (Å²) < 4.78 is 10.3. The van der Waals surface area contributed by atoms with Crippen molar-refractivity contribution in [2.45, 2.75) is 13.3 Å². The fourth-order valence-electron chi connectivity index (χ4n) is 1.88. The Balaban J connectivity index is 1.67. The zero-order chi connectivity index (χ0) is 18.2. The van der Waals surface area contributed by atoms with E-state index in [1.54, 1.807) is 12.1 Å². The number of carbonyl (C=O) groups is 2. The van der Waals surface area contributed by atoms with Gasteiger partial charge in [0.25, 0.3) is 5.91 Å². The second-order valence-electron chi connectivity index (χ2n) is 5.25. The van der Waals surface area contributed by atoms with E-state index in [0.717, 1.165) is 5.56 Å². The van der Waals surface area contributed by atoms with Crippen molar-refractivity contribution in [1.29, 1.82) is 0 Å². The summed E-state index contributed by atoms with van der Waals surface area (Å²) in [6.45, 7) is 1.77. The zero-order valence-electron chi connectivity index (χ0n) is 13.6. The summed E-state index contributed by atoms with van der Waals surface area (Å²) in [5.41, 5.74) is 1.60. The number of rotatable bonds is 7. The molecule has 0 aromatic heterocycles. The van der Waals surface area contributed by atoms with Gasteiger partial charge in [-0.1, -0.05) is 40.9 Å². The highest BCUT2D eigenvalue weighted by Crippen LogP contribution is 2.24. The highest BCUT2D eigenvalue weighted by atomic mass is 35.5. The standard InChI is InChI=1S/C18H17Cl2NO4/c1-12-2-5-14(6-3-12)24-9-8-18(23)25-11-17(22)21-13-4-7-15(19)16(20)10-13/h2-7,10H,8-9,11H2,1H3,(H,21,22). The van der Waals surface area contributed by atoms with Crippen LogP contribution >= 0.6 is 23.2 Å². The SMILES string of the molecule is Cc1ccc(OCCC(=O)OCC(=O)Nc2ccc(Cl)c(Cl)c2)cc1. The maximum absolute atomic E-state index is 11.7. The molecule has 0 fully saturated rings. The summed E-state index contributed by atoms with van der Waals surface area (Å²) in [5, 5.41) is 3.27. The molecule has 2 rings (SSSR count). The van der Waals surface area contributed by atoms with Crippen LogP contribution in [0.15, 0.2) is 42.5 Å². The predicted molar refractivity (Wildman–Crippen MR) is 97.3 cm³/mol. The second kappa shape index (κ2) is 9.30. The maximum Gasteiger partial charge on any atom is 0.309 e. The molecule has 132 valence electrons. The molecule has 0 heterocycles. The van der Waals surface area contributed by atoms with Gasteiger partial charge >= 0.3 is 5.97 Å². The molecule has 2 aromatic rings. The van der Waals surface area contributed by atoms with Crippen LogP contribution < -0.4 is 10.1 Å². The van der Waals surface area contributed by atoms with E-state index in [9.17, 15) is 9.59 Å². The number of amides is 1. The first kappa shape index (κ1) is 19.1. The van der Waals surface area contributed by atoms with Gasteiger partial charge in [-0.15, -0.1) is 0 Å². The van der Waals surface area contributed by atoms with E-state index in [4.69, 9.17) is 32.7 Å². The van der Waals surface area contributed by atoms with Crippen molar-refractivity contribution in [3.63, 3.8) is 0 Å². The molecule has 2 aromatic carbocycles. The number of aryl methyl sites for hydroxylation is 1.